The van der Waals surface area contributed by atoms with Gasteiger partial charge in [0.25, 0.3) is 5.91 Å². The van der Waals surface area contributed by atoms with E-state index in [4.69, 9.17) is 24.3 Å². The molecule has 12 heteroatoms. The van der Waals surface area contributed by atoms with Crippen molar-refractivity contribution in [2.45, 2.75) is 35.8 Å². The number of aliphatic hydroxyl groups is 1. The largest absolute Gasteiger partial charge is 0.496 e. The number of amides is 1. The van der Waals surface area contributed by atoms with Gasteiger partial charge in [-0.3, -0.25) is 10.2 Å². The second kappa shape index (κ2) is 16.2. The van der Waals surface area contributed by atoms with E-state index >= 15 is 0 Å². The van der Waals surface area contributed by atoms with Crippen LogP contribution in [0.15, 0.2) is 117 Å². The van der Waals surface area contributed by atoms with E-state index in [1.165, 1.54) is 12.1 Å². The number of hydrazine groups is 1. The third-order valence-corrected chi connectivity index (χ3v) is 10.2. The van der Waals surface area contributed by atoms with Gasteiger partial charge in [0.2, 0.25) is 5.90 Å². The highest BCUT2D eigenvalue weighted by Gasteiger charge is 2.53. The molecule has 48 heavy (non-hydrogen) atoms. The molecule has 5 rings (SSSR count). The van der Waals surface area contributed by atoms with E-state index in [-0.39, 0.29) is 29.6 Å². The lowest BCUT2D eigenvalue weighted by Gasteiger charge is -2.30. The highest BCUT2D eigenvalue weighted by Crippen LogP contribution is 2.43. The standard InChI is InChI=1S/C36H38BrN3O7S/c1-45-32-11-6-5-8-26(32)20-22-38-40-35(42)36(21-25-48(43,44)31-9-3-2-4-10-31)33(27-12-16-29(37)17-13-27)47-34(39-36)28-14-18-30(19-15-28)46-24-7-23-41/h2-6,8-19,33,38,41H,7,20-25H2,1H3,(H,40,42)/t33-,36-/m0/s1. The van der Waals surface area contributed by atoms with Gasteiger partial charge >= 0.3 is 0 Å². The summed E-state index contributed by atoms with van der Waals surface area (Å²) < 4.78 is 45.5. The summed E-state index contributed by atoms with van der Waals surface area (Å²) >= 11 is 3.47. The number of rotatable bonds is 16. The zero-order valence-electron chi connectivity index (χ0n) is 26.5. The molecule has 0 spiro atoms. The van der Waals surface area contributed by atoms with Crippen molar-refractivity contribution in [1.82, 2.24) is 10.9 Å². The Hall–Kier alpha value is -4.23. The van der Waals surface area contributed by atoms with Gasteiger partial charge in [-0.2, -0.15) is 0 Å². The van der Waals surface area contributed by atoms with Crippen LogP contribution in [-0.4, -0.2) is 63.5 Å². The van der Waals surface area contributed by atoms with Crippen molar-refractivity contribution >= 4 is 37.6 Å². The summed E-state index contributed by atoms with van der Waals surface area (Å²) in [6.07, 6.45) is -0.0316. The molecule has 4 aromatic carbocycles. The maximum atomic E-state index is 14.4. The fourth-order valence-corrected chi connectivity index (χ4v) is 7.05. The number of nitrogens with one attached hydrogen (secondary N) is 2. The van der Waals surface area contributed by atoms with E-state index in [1.807, 2.05) is 48.5 Å². The number of halogens is 1. The summed E-state index contributed by atoms with van der Waals surface area (Å²) in [7, 11) is -2.17. The van der Waals surface area contributed by atoms with E-state index < -0.39 is 27.4 Å². The van der Waals surface area contributed by atoms with Gasteiger partial charge in [-0.25, -0.2) is 18.8 Å². The number of para-hydroxylation sites is 1. The van der Waals surface area contributed by atoms with Gasteiger partial charge in [0, 0.05) is 36.0 Å². The van der Waals surface area contributed by atoms with Crippen LogP contribution in [0.4, 0.5) is 0 Å². The predicted octanol–water partition coefficient (Wildman–Crippen LogP) is 5.20. The molecule has 0 fully saturated rings. The van der Waals surface area contributed by atoms with Gasteiger partial charge in [-0.05, 0) is 72.1 Å². The van der Waals surface area contributed by atoms with Crippen molar-refractivity contribution in [1.29, 1.82) is 0 Å². The van der Waals surface area contributed by atoms with Gasteiger partial charge in [-0.1, -0.05) is 64.5 Å². The molecule has 0 radical (unpaired) electrons. The number of aliphatic hydroxyl groups excluding tert-OH is 1. The molecule has 0 aliphatic carbocycles. The number of carbonyl (C=O) groups is 1. The van der Waals surface area contributed by atoms with Crippen molar-refractivity contribution in [3.05, 3.63) is 124 Å². The summed E-state index contributed by atoms with van der Waals surface area (Å²) in [5.74, 6) is 0.666. The maximum absolute atomic E-state index is 14.4. The molecule has 3 N–H and O–H groups in total. The highest BCUT2D eigenvalue weighted by molar-refractivity contribution is 9.10. The third kappa shape index (κ3) is 8.43. The number of benzene rings is 4. The van der Waals surface area contributed by atoms with E-state index in [1.54, 1.807) is 49.6 Å². The van der Waals surface area contributed by atoms with Crippen LogP contribution in [0, 0.1) is 0 Å². The summed E-state index contributed by atoms with van der Waals surface area (Å²) in [4.78, 5) is 19.4. The Morgan fingerprint density at radius 3 is 2.40 bits per heavy atom. The summed E-state index contributed by atoms with van der Waals surface area (Å²) in [5.41, 5.74) is 6.38. The fourth-order valence-electron chi connectivity index (χ4n) is 5.40. The van der Waals surface area contributed by atoms with Crippen LogP contribution in [-0.2, 0) is 25.8 Å². The minimum Gasteiger partial charge on any atom is -0.496 e. The number of hydrogen-bond donors (Lipinski definition) is 3. The van der Waals surface area contributed by atoms with Crippen LogP contribution < -0.4 is 20.3 Å². The first-order valence-electron chi connectivity index (χ1n) is 15.5. The molecule has 1 aliphatic rings. The molecular weight excluding hydrogens is 698 g/mol. The lowest BCUT2D eigenvalue weighted by Crippen LogP contribution is -2.53. The van der Waals surface area contributed by atoms with Gasteiger partial charge in [0.15, 0.2) is 21.5 Å². The second-order valence-corrected chi connectivity index (χ2v) is 14.2. The van der Waals surface area contributed by atoms with Gasteiger partial charge in [0.1, 0.15) is 11.5 Å². The Bertz CT molecular complexity index is 1800. The van der Waals surface area contributed by atoms with Crippen molar-refractivity contribution in [2.24, 2.45) is 4.99 Å². The molecule has 4 aromatic rings. The van der Waals surface area contributed by atoms with Crippen molar-refractivity contribution in [3.8, 4) is 11.5 Å². The highest BCUT2D eigenvalue weighted by atomic mass is 79.9. The van der Waals surface area contributed by atoms with Crippen LogP contribution in [0.2, 0.25) is 0 Å². The molecule has 0 saturated carbocycles. The quantitative estimate of drug-likeness (QED) is 0.106. The average Bonchev–Trinajstić information content (AvgIpc) is 3.51. The van der Waals surface area contributed by atoms with Crippen LogP contribution >= 0.6 is 15.9 Å². The topological polar surface area (TPSA) is 136 Å². The van der Waals surface area contributed by atoms with Crippen molar-refractivity contribution in [2.75, 3.05) is 32.6 Å². The van der Waals surface area contributed by atoms with E-state index in [2.05, 4.69) is 26.8 Å². The molecular formula is C36H38BrN3O7S. The number of nitrogens with zero attached hydrogens (tertiary/aromatic N) is 1. The Morgan fingerprint density at radius 2 is 1.69 bits per heavy atom. The average molecular weight is 737 g/mol. The molecule has 2 atom stereocenters. The van der Waals surface area contributed by atoms with Gasteiger partial charge < -0.3 is 19.3 Å². The minimum absolute atomic E-state index is 0.0274. The number of methoxy groups -OCH3 is 1. The number of hydrogen-bond acceptors (Lipinski definition) is 9. The molecule has 1 amide bonds. The summed E-state index contributed by atoms with van der Waals surface area (Å²) in [5, 5.41) is 9.07. The van der Waals surface area contributed by atoms with Crippen LogP contribution in [0.1, 0.15) is 35.6 Å². The lowest BCUT2D eigenvalue weighted by atomic mass is 9.85. The molecule has 1 aliphatic heterocycles. The first-order chi connectivity index (χ1) is 23.3. The Labute approximate surface area is 289 Å². The number of carbonyl (C=O) groups excluding carboxylic acids is 1. The van der Waals surface area contributed by atoms with Crippen LogP contribution in [0.5, 0.6) is 11.5 Å². The molecule has 0 bridgehead atoms. The molecule has 0 unspecified atom stereocenters. The van der Waals surface area contributed by atoms with Crippen LogP contribution in [0.3, 0.4) is 0 Å². The Morgan fingerprint density at radius 1 is 0.979 bits per heavy atom. The second-order valence-electron chi connectivity index (χ2n) is 11.2. The van der Waals surface area contributed by atoms with Crippen molar-refractivity contribution in [3.63, 3.8) is 0 Å². The molecule has 252 valence electrons. The first kappa shape index (κ1) is 35.1. The molecule has 1 heterocycles. The number of aliphatic imine (C=N–C) groups is 1. The summed E-state index contributed by atoms with van der Waals surface area (Å²) in [6, 6.07) is 30.2. The zero-order valence-corrected chi connectivity index (χ0v) is 28.9. The minimum atomic E-state index is -3.78. The molecule has 0 aromatic heterocycles. The SMILES string of the molecule is COc1ccccc1CCNNC(=O)[C@@]1(CCS(=O)(=O)c2ccccc2)N=C(c2ccc(OCCCO)cc2)O[C@H]1c1ccc(Br)cc1. The van der Waals surface area contributed by atoms with Gasteiger partial charge in [0.05, 0.1) is 24.4 Å². The van der Waals surface area contributed by atoms with E-state index in [9.17, 15) is 13.2 Å². The van der Waals surface area contributed by atoms with Gasteiger partial charge in [-0.15, -0.1) is 0 Å². The van der Waals surface area contributed by atoms with E-state index in [0.717, 1.165) is 15.8 Å². The summed E-state index contributed by atoms with van der Waals surface area (Å²) in [6.45, 7) is 0.768. The molecule has 0 saturated heterocycles. The lowest BCUT2D eigenvalue weighted by molar-refractivity contribution is -0.130. The Balaban J connectivity index is 1.48. The molecule has 10 nitrogen and oxygen atoms in total. The third-order valence-electron chi connectivity index (χ3n) is 7.97. The predicted molar refractivity (Wildman–Crippen MR) is 187 cm³/mol. The van der Waals surface area contributed by atoms with E-state index in [0.29, 0.717) is 42.9 Å². The normalized spacial score (nSPS) is 17.3. The number of sulfone groups is 1. The Kier molecular flexibility index (Phi) is 11.9. The fraction of sp³-hybridized carbons (Fsp3) is 0.278. The van der Waals surface area contributed by atoms with Crippen LogP contribution in [0.25, 0.3) is 0 Å². The zero-order chi connectivity index (χ0) is 34.0. The monoisotopic (exact) mass is 735 g/mol. The first-order valence-corrected chi connectivity index (χ1v) is 18.0. The van der Waals surface area contributed by atoms with Crippen molar-refractivity contribution < 1.29 is 32.5 Å². The number of ether oxygens (including phenoxy) is 3. The smallest absolute Gasteiger partial charge is 0.266 e. The maximum Gasteiger partial charge on any atom is 0.266 e.